The molecule has 0 aliphatic heterocycles. The zero-order chi connectivity index (χ0) is 35.4. The van der Waals surface area contributed by atoms with Crippen molar-refractivity contribution in [3.05, 3.63) is 175 Å². The van der Waals surface area contributed by atoms with Crippen LogP contribution in [0, 0.1) is 0 Å². The highest BCUT2D eigenvalue weighted by atomic mass is 15.0. The van der Waals surface area contributed by atoms with Gasteiger partial charge in [-0.1, -0.05) is 161 Å². The number of nitrogens with zero attached hydrogens (tertiary/aromatic N) is 3. The van der Waals surface area contributed by atoms with Crippen LogP contribution in [-0.2, 0) is 5.41 Å². The largest absolute Gasteiger partial charge is 0.309 e. The van der Waals surface area contributed by atoms with Gasteiger partial charge in [0.25, 0.3) is 0 Å². The van der Waals surface area contributed by atoms with Gasteiger partial charge in [0.2, 0.25) is 0 Å². The molecule has 3 heteroatoms. The molecule has 0 fully saturated rings. The number of aromatic nitrogens is 3. The lowest BCUT2D eigenvalue weighted by Crippen LogP contribution is -2.14. The Bertz CT molecular complexity index is 2770. The number of fused-ring (bicyclic) bond motifs is 8. The number of hydrogen-bond donors (Lipinski definition) is 0. The van der Waals surface area contributed by atoms with Gasteiger partial charge in [-0.25, -0.2) is 9.97 Å². The molecule has 0 N–H and O–H groups in total. The Morgan fingerprint density at radius 1 is 0.500 bits per heavy atom. The number of rotatable bonds is 4. The summed E-state index contributed by atoms with van der Waals surface area (Å²) in [6, 6.07) is 58.6. The molecule has 0 saturated heterocycles. The second-order valence-corrected chi connectivity index (χ2v) is 13.8. The van der Waals surface area contributed by atoms with Gasteiger partial charge < -0.3 is 4.57 Å². The van der Waals surface area contributed by atoms with Crippen molar-refractivity contribution in [2.75, 3.05) is 0 Å². The molecule has 10 rings (SSSR count). The molecular formula is C49H39N3. The van der Waals surface area contributed by atoms with Crippen molar-refractivity contribution >= 4 is 32.6 Å². The van der Waals surface area contributed by atoms with E-state index >= 15 is 0 Å². The van der Waals surface area contributed by atoms with Crippen LogP contribution in [0.2, 0.25) is 0 Å². The van der Waals surface area contributed by atoms with E-state index in [0.717, 1.165) is 44.6 Å². The molecule has 7 aromatic carbocycles. The maximum Gasteiger partial charge on any atom is 0.160 e. The fourth-order valence-corrected chi connectivity index (χ4v) is 8.22. The molecule has 9 aromatic rings. The average Bonchev–Trinajstić information content (AvgIpc) is 3.68. The molecule has 2 heterocycles. The normalized spacial score (nSPS) is 12.8. The zero-order valence-corrected chi connectivity index (χ0v) is 29.9. The van der Waals surface area contributed by atoms with Gasteiger partial charge in [-0.15, -0.1) is 0 Å². The Balaban J connectivity index is 0.00000177. The van der Waals surface area contributed by atoms with Crippen LogP contribution in [0.5, 0.6) is 0 Å². The first-order valence-electron chi connectivity index (χ1n) is 18.3. The minimum atomic E-state index is -0.157. The monoisotopic (exact) mass is 669 g/mol. The van der Waals surface area contributed by atoms with Gasteiger partial charge in [-0.3, -0.25) is 0 Å². The smallest absolute Gasteiger partial charge is 0.160 e. The molecule has 1 aliphatic carbocycles. The molecule has 52 heavy (non-hydrogen) atoms. The van der Waals surface area contributed by atoms with E-state index < -0.39 is 0 Å². The second-order valence-electron chi connectivity index (χ2n) is 13.8. The predicted molar refractivity (Wildman–Crippen MR) is 219 cm³/mol. The van der Waals surface area contributed by atoms with E-state index in [1.807, 2.05) is 13.8 Å². The summed E-state index contributed by atoms with van der Waals surface area (Å²) >= 11 is 0. The third kappa shape index (κ3) is 4.88. The molecule has 0 radical (unpaired) electrons. The van der Waals surface area contributed by atoms with Crippen LogP contribution in [0.25, 0.3) is 83.3 Å². The van der Waals surface area contributed by atoms with Crippen molar-refractivity contribution in [3.8, 4) is 50.7 Å². The van der Waals surface area contributed by atoms with E-state index in [4.69, 9.17) is 9.97 Å². The Hall–Kier alpha value is -6.32. The third-order valence-electron chi connectivity index (χ3n) is 10.6. The molecule has 1 aliphatic rings. The minimum absolute atomic E-state index is 0.157. The average molecular weight is 670 g/mol. The maximum atomic E-state index is 5.30. The first-order valence-corrected chi connectivity index (χ1v) is 18.3. The summed E-state index contributed by atoms with van der Waals surface area (Å²) in [7, 11) is 0. The fourth-order valence-electron chi connectivity index (χ4n) is 8.22. The fraction of sp³-hybridized carbons (Fsp3) is 0.102. The molecule has 0 spiro atoms. The van der Waals surface area contributed by atoms with E-state index in [9.17, 15) is 0 Å². The van der Waals surface area contributed by atoms with E-state index in [1.165, 1.54) is 49.8 Å². The Kier molecular flexibility index (Phi) is 7.59. The predicted octanol–water partition coefficient (Wildman–Crippen LogP) is 13.1. The quantitative estimate of drug-likeness (QED) is 0.175. The van der Waals surface area contributed by atoms with Gasteiger partial charge in [0.15, 0.2) is 5.82 Å². The summed E-state index contributed by atoms with van der Waals surface area (Å²) < 4.78 is 2.46. The van der Waals surface area contributed by atoms with Gasteiger partial charge >= 0.3 is 0 Å². The van der Waals surface area contributed by atoms with Crippen molar-refractivity contribution < 1.29 is 0 Å². The summed E-state index contributed by atoms with van der Waals surface area (Å²) in [6.45, 7) is 8.73. The van der Waals surface area contributed by atoms with Gasteiger partial charge in [-0.05, 0) is 58.0 Å². The van der Waals surface area contributed by atoms with E-state index in [-0.39, 0.29) is 5.41 Å². The summed E-state index contributed by atoms with van der Waals surface area (Å²) in [4.78, 5) is 10.6. The molecule has 0 bridgehead atoms. The van der Waals surface area contributed by atoms with Crippen LogP contribution in [0.15, 0.2) is 164 Å². The molecule has 0 saturated carbocycles. The molecule has 250 valence electrons. The van der Waals surface area contributed by atoms with Crippen LogP contribution in [0.1, 0.15) is 38.8 Å². The van der Waals surface area contributed by atoms with Crippen molar-refractivity contribution in [2.45, 2.75) is 33.1 Å². The maximum absolute atomic E-state index is 5.30. The van der Waals surface area contributed by atoms with Crippen LogP contribution in [-0.4, -0.2) is 14.5 Å². The Labute approximate surface area is 304 Å². The molecule has 0 amide bonds. The van der Waals surface area contributed by atoms with Crippen molar-refractivity contribution in [1.82, 2.24) is 14.5 Å². The highest BCUT2D eigenvalue weighted by Crippen LogP contribution is 2.54. The summed E-state index contributed by atoms with van der Waals surface area (Å²) in [5.41, 5.74) is 13.8. The van der Waals surface area contributed by atoms with E-state index in [1.54, 1.807) is 0 Å². The Morgan fingerprint density at radius 2 is 1.19 bits per heavy atom. The van der Waals surface area contributed by atoms with Crippen LogP contribution < -0.4 is 0 Å². The van der Waals surface area contributed by atoms with Crippen molar-refractivity contribution in [2.24, 2.45) is 0 Å². The Morgan fingerprint density at radius 3 is 2.00 bits per heavy atom. The standard InChI is InChI=1S/C47H33N3.C2H6/c1-47(2)40-23-12-11-22-37(40)45-42(47)39-29-33(30-14-5-3-6-15-30)25-27-41(39)50(45)35-20-13-19-34(28-35)46-48-43(32-17-7-4-8-18-32)38-26-24-31-16-9-10-21-36(31)44(38)49-46;1-2/h3-29H,1-2H3;1-2H3. The summed E-state index contributed by atoms with van der Waals surface area (Å²) in [5.74, 6) is 0.717. The lowest BCUT2D eigenvalue weighted by Gasteiger charge is -2.21. The van der Waals surface area contributed by atoms with Crippen LogP contribution in [0.3, 0.4) is 0 Å². The highest BCUT2D eigenvalue weighted by molar-refractivity contribution is 6.09. The second kappa shape index (κ2) is 12.5. The van der Waals surface area contributed by atoms with Crippen LogP contribution in [0.4, 0.5) is 0 Å². The molecule has 3 nitrogen and oxygen atoms in total. The highest BCUT2D eigenvalue weighted by Gasteiger charge is 2.40. The van der Waals surface area contributed by atoms with Crippen molar-refractivity contribution in [3.63, 3.8) is 0 Å². The minimum Gasteiger partial charge on any atom is -0.309 e. The topological polar surface area (TPSA) is 30.7 Å². The first-order chi connectivity index (χ1) is 25.6. The van der Waals surface area contributed by atoms with Gasteiger partial charge in [-0.2, -0.15) is 0 Å². The molecule has 2 aromatic heterocycles. The van der Waals surface area contributed by atoms with Gasteiger partial charge in [0.1, 0.15) is 0 Å². The van der Waals surface area contributed by atoms with Crippen molar-refractivity contribution in [1.29, 1.82) is 0 Å². The van der Waals surface area contributed by atoms with Gasteiger partial charge in [0.05, 0.1) is 22.4 Å². The number of hydrogen-bond acceptors (Lipinski definition) is 2. The molecule has 0 unspecified atom stereocenters. The van der Waals surface area contributed by atoms with E-state index in [2.05, 4.69) is 182 Å². The third-order valence-corrected chi connectivity index (χ3v) is 10.6. The SMILES string of the molecule is CC.CC1(C)c2ccccc2-c2c1c1cc(-c3ccccc3)ccc1n2-c1cccc(-c2nc(-c3ccccc3)c3ccc4ccccc4c3n2)c1. The zero-order valence-electron chi connectivity index (χ0n) is 29.9. The van der Waals surface area contributed by atoms with Gasteiger partial charge in [0, 0.05) is 44.0 Å². The lowest BCUT2D eigenvalue weighted by atomic mass is 9.81. The molecular weight excluding hydrogens is 631 g/mol. The molecule has 0 atom stereocenters. The first kappa shape index (κ1) is 31.6. The summed E-state index contributed by atoms with van der Waals surface area (Å²) in [6.07, 6.45) is 0. The van der Waals surface area contributed by atoms with E-state index in [0.29, 0.717) is 0 Å². The summed E-state index contributed by atoms with van der Waals surface area (Å²) in [5, 5.41) is 4.64. The van der Waals surface area contributed by atoms with Crippen LogP contribution >= 0.6 is 0 Å². The number of benzene rings is 7. The lowest BCUT2D eigenvalue weighted by molar-refractivity contribution is 0.666.